The van der Waals surface area contributed by atoms with Crippen molar-refractivity contribution in [1.29, 1.82) is 0 Å². The Hall–Kier alpha value is -1.35. The molecule has 0 fully saturated rings. The molecule has 0 aliphatic carbocycles. The minimum absolute atomic E-state index is 0.563. The third-order valence-corrected chi connectivity index (χ3v) is 3.54. The van der Waals surface area contributed by atoms with E-state index in [9.17, 15) is 0 Å². The Morgan fingerprint density at radius 2 is 2.05 bits per heavy atom. The standard InChI is InChI=1S/C16H25N3/c1-13(2)7-6-8-14(3)17-11-15-12-18-16-9-4-5-10-19(15)16/h4-5,9-10,12-14,17H,6-8,11H2,1-3H3. The molecule has 2 aromatic heterocycles. The third-order valence-electron chi connectivity index (χ3n) is 3.54. The Morgan fingerprint density at radius 1 is 1.21 bits per heavy atom. The Bertz CT molecular complexity index is 501. The maximum atomic E-state index is 4.40. The van der Waals surface area contributed by atoms with Gasteiger partial charge >= 0.3 is 0 Å². The molecule has 19 heavy (non-hydrogen) atoms. The van der Waals surface area contributed by atoms with Crippen molar-refractivity contribution in [3.8, 4) is 0 Å². The van der Waals surface area contributed by atoms with Gasteiger partial charge in [-0.05, 0) is 31.4 Å². The summed E-state index contributed by atoms with van der Waals surface area (Å²) in [5.41, 5.74) is 2.25. The number of pyridine rings is 1. The van der Waals surface area contributed by atoms with Crippen molar-refractivity contribution < 1.29 is 0 Å². The first-order valence-corrected chi connectivity index (χ1v) is 7.31. The Kier molecular flexibility index (Phi) is 4.97. The second kappa shape index (κ2) is 6.71. The van der Waals surface area contributed by atoms with Gasteiger partial charge in [0.1, 0.15) is 5.65 Å². The van der Waals surface area contributed by atoms with Gasteiger partial charge in [0.15, 0.2) is 0 Å². The van der Waals surface area contributed by atoms with Crippen LogP contribution in [0.25, 0.3) is 5.65 Å². The van der Waals surface area contributed by atoms with Crippen molar-refractivity contribution in [2.24, 2.45) is 5.92 Å². The SMILES string of the molecule is CC(C)CCCC(C)NCc1cnc2ccccn12. The number of rotatable bonds is 7. The average molecular weight is 259 g/mol. The zero-order valence-corrected chi connectivity index (χ0v) is 12.3. The highest BCUT2D eigenvalue weighted by atomic mass is 15.0. The van der Waals surface area contributed by atoms with Crippen LogP contribution in [0.3, 0.4) is 0 Å². The molecule has 0 saturated heterocycles. The minimum Gasteiger partial charge on any atom is -0.309 e. The summed E-state index contributed by atoms with van der Waals surface area (Å²) in [7, 11) is 0. The normalized spacial score (nSPS) is 13.3. The molecule has 0 aromatic carbocycles. The first kappa shape index (κ1) is 14.1. The second-order valence-electron chi connectivity index (χ2n) is 5.79. The molecule has 0 spiro atoms. The van der Waals surface area contributed by atoms with Crippen LogP contribution in [0.2, 0.25) is 0 Å². The summed E-state index contributed by atoms with van der Waals surface area (Å²) in [6.07, 6.45) is 7.90. The number of nitrogens with one attached hydrogen (secondary N) is 1. The van der Waals surface area contributed by atoms with Gasteiger partial charge in [-0.1, -0.05) is 32.8 Å². The summed E-state index contributed by atoms with van der Waals surface area (Å²) in [6.45, 7) is 7.73. The molecule has 0 aliphatic rings. The van der Waals surface area contributed by atoms with E-state index in [4.69, 9.17) is 0 Å². The summed E-state index contributed by atoms with van der Waals surface area (Å²) in [6, 6.07) is 6.67. The fraction of sp³-hybridized carbons (Fsp3) is 0.562. The van der Waals surface area contributed by atoms with Gasteiger partial charge in [0.05, 0.1) is 11.9 Å². The number of fused-ring (bicyclic) bond motifs is 1. The number of nitrogens with zero attached hydrogens (tertiary/aromatic N) is 2. The van der Waals surface area contributed by atoms with Gasteiger partial charge in [-0.2, -0.15) is 0 Å². The first-order chi connectivity index (χ1) is 9.16. The van der Waals surface area contributed by atoms with Crippen molar-refractivity contribution in [3.05, 3.63) is 36.3 Å². The van der Waals surface area contributed by atoms with Crippen molar-refractivity contribution in [2.75, 3.05) is 0 Å². The molecule has 0 radical (unpaired) electrons. The molecular formula is C16H25N3. The minimum atomic E-state index is 0.563. The molecule has 0 saturated carbocycles. The van der Waals surface area contributed by atoms with Crippen molar-refractivity contribution >= 4 is 5.65 Å². The highest BCUT2D eigenvalue weighted by Gasteiger charge is 2.05. The third kappa shape index (κ3) is 4.06. The molecule has 0 bridgehead atoms. The van der Waals surface area contributed by atoms with E-state index in [1.807, 2.05) is 24.4 Å². The van der Waals surface area contributed by atoms with Gasteiger partial charge in [0, 0.05) is 18.8 Å². The van der Waals surface area contributed by atoms with Gasteiger partial charge in [-0.3, -0.25) is 0 Å². The van der Waals surface area contributed by atoms with Crippen LogP contribution in [0.4, 0.5) is 0 Å². The molecule has 3 heteroatoms. The molecule has 1 N–H and O–H groups in total. The van der Waals surface area contributed by atoms with Crippen LogP contribution in [-0.4, -0.2) is 15.4 Å². The number of imidazole rings is 1. The monoisotopic (exact) mass is 259 g/mol. The van der Waals surface area contributed by atoms with Crippen LogP contribution in [0, 0.1) is 5.92 Å². The molecule has 104 valence electrons. The predicted octanol–water partition coefficient (Wildman–Crippen LogP) is 3.64. The smallest absolute Gasteiger partial charge is 0.136 e. The van der Waals surface area contributed by atoms with Gasteiger partial charge < -0.3 is 9.72 Å². The molecule has 3 nitrogen and oxygen atoms in total. The van der Waals surface area contributed by atoms with Crippen molar-refractivity contribution in [1.82, 2.24) is 14.7 Å². The Morgan fingerprint density at radius 3 is 2.84 bits per heavy atom. The summed E-state index contributed by atoms with van der Waals surface area (Å²) >= 11 is 0. The van der Waals surface area contributed by atoms with Crippen molar-refractivity contribution in [3.63, 3.8) is 0 Å². The first-order valence-electron chi connectivity index (χ1n) is 7.31. The Balaban J connectivity index is 1.81. The van der Waals surface area contributed by atoms with Gasteiger partial charge in [0.2, 0.25) is 0 Å². The average Bonchev–Trinajstić information content (AvgIpc) is 2.79. The summed E-state index contributed by atoms with van der Waals surface area (Å²) in [5.74, 6) is 0.811. The van der Waals surface area contributed by atoms with Gasteiger partial charge in [0.25, 0.3) is 0 Å². The lowest BCUT2D eigenvalue weighted by atomic mass is 10.0. The van der Waals surface area contributed by atoms with Crippen LogP contribution in [0.1, 0.15) is 45.7 Å². The predicted molar refractivity (Wildman–Crippen MR) is 80.2 cm³/mol. The quantitative estimate of drug-likeness (QED) is 0.822. The fourth-order valence-corrected chi connectivity index (χ4v) is 2.33. The maximum Gasteiger partial charge on any atom is 0.136 e. The Labute approximate surface area is 116 Å². The van der Waals surface area contributed by atoms with Gasteiger partial charge in [-0.15, -0.1) is 0 Å². The van der Waals surface area contributed by atoms with E-state index in [1.165, 1.54) is 25.0 Å². The summed E-state index contributed by atoms with van der Waals surface area (Å²) in [5, 5.41) is 3.59. The van der Waals surface area contributed by atoms with E-state index in [0.717, 1.165) is 18.1 Å². The fourth-order valence-electron chi connectivity index (χ4n) is 2.33. The number of aromatic nitrogens is 2. The van der Waals surface area contributed by atoms with E-state index in [2.05, 4.69) is 41.7 Å². The molecule has 1 atom stereocenters. The van der Waals surface area contributed by atoms with Gasteiger partial charge in [-0.25, -0.2) is 4.98 Å². The van der Waals surface area contributed by atoms with E-state index >= 15 is 0 Å². The van der Waals surface area contributed by atoms with Crippen LogP contribution in [0.15, 0.2) is 30.6 Å². The number of hydrogen-bond acceptors (Lipinski definition) is 2. The summed E-state index contributed by atoms with van der Waals surface area (Å²) in [4.78, 5) is 4.40. The largest absolute Gasteiger partial charge is 0.309 e. The molecule has 2 heterocycles. The van der Waals surface area contributed by atoms with Crippen molar-refractivity contribution in [2.45, 2.75) is 52.6 Å². The molecule has 0 aliphatic heterocycles. The summed E-state index contributed by atoms with van der Waals surface area (Å²) < 4.78 is 2.15. The lowest BCUT2D eigenvalue weighted by Crippen LogP contribution is -2.26. The lowest BCUT2D eigenvalue weighted by molar-refractivity contribution is 0.455. The number of hydrogen-bond donors (Lipinski definition) is 1. The van der Waals surface area contributed by atoms with E-state index in [1.54, 1.807) is 0 Å². The van der Waals surface area contributed by atoms with E-state index in [-0.39, 0.29) is 0 Å². The van der Waals surface area contributed by atoms with Crippen LogP contribution >= 0.6 is 0 Å². The molecule has 0 amide bonds. The molecule has 1 unspecified atom stereocenters. The zero-order chi connectivity index (χ0) is 13.7. The highest BCUT2D eigenvalue weighted by Crippen LogP contribution is 2.10. The maximum absolute atomic E-state index is 4.40. The van der Waals surface area contributed by atoms with Crippen LogP contribution < -0.4 is 5.32 Å². The van der Waals surface area contributed by atoms with E-state index in [0.29, 0.717) is 6.04 Å². The van der Waals surface area contributed by atoms with E-state index < -0.39 is 0 Å². The van der Waals surface area contributed by atoms with Crippen LogP contribution in [-0.2, 0) is 6.54 Å². The molecular weight excluding hydrogens is 234 g/mol. The molecule has 2 aromatic rings. The zero-order valence-electron chi connectivity index (χ0n) is 12.3. The highest BCUT2D eigenvalue weighted by molar-refractivity contribution is 5.39. The second-order valence-corrected chi connectivity index (χ2v) is 5.79. The van der Waals surface area contributed by atoms with Crippen LogP contribution in [0.5, 0.6) is 0 Å². The lowest BCUT2D eigenvalue weighted by Gasteiger charge is -2.14. The topological polar surface area (TPSA) is 29.3 Å². The molecule has 2 rings (SSSR count).